The predicted octanol–water partition coefficient (Wildman–Crippen LogP) is 2.91. The van der Waals surface area contributed by atoms with Crippen LogP contribution in [-0.2, 0) is 11.3 Å². The lowest BCUT2D eigenvalue weighted by atomic mass is 9.96. The molecule has 1 aliphatic heterocycles. The lowest BCUT2D eigenvalue weighted by Crippen LogP contribution is -2.51. The minimum Gasteiger partial charge on any atom is -0.394 e. The van der Waals surface area contributed by atoms with E-state index in [9.17, 15) is 14.7 Å². The second-order valence-electron chi connectivity index (χ2n) is 7.08. The number of hydrogen-bond acceptors (Lipinski definition) is 3. The molecule has 2 amide bonds. The molecule has 5 heteroatoms. The Kier molecular flexibility index (Phi) is 5.91. The van der Waals surface area contributed by atoms with Gasteiger partial charge in [-0.3, -0.25) is 9.59 Å². The number of nitrogens with one attached hydrogen (secondary N) is 1. The minimum absolute atomic E-state index is 0.00150. The number of hydrogen-bond donors (Lipinski definition) is 2. The number of rotatable bonds is 7. The second kappa shape index (κ2) is 8.35. The molecule has 0 saturated heterocycles. The van der Waals surface area contributed by atoms with Gasteiger partial charge in [-0.05, 0) is 23.1 Å². The largest absolute Gasteiger partial charge is 0.394 e. The highest BCUT2D eigenvalue weighted by Crippen LogP contribution is 2.28. The third-order valence-corrected chi connectivity index (χ3v) is 5.34. The number of aliphatic hydroxyl groups is 1. The monoisotopic (exact) mass is 366 g/mol. The molecular weight excluding hydrogens is 340 g/mol. The van der Waals surface area contributed by atoms with E-state index in [2.05, 4.69) is 5.32 Å². The first-order chi connectivity index (χ1) is 13.1. The topological polar surface area (TPSA) is 69.6 Å². The Hall–Kier alpha value is -2.66. The minimum atomic E-state index is -0.576. The first kappa shape index (κ1) is 19.1. The summed E-state index contributed by atoms with van der Waals surface area (Å²) in [6, 6.07) is 15.8. The van der Waals surface area contributed by atoms with Crippen molar-refractivity contribution in [3.05, 3.63) is 71.3 Å². The molecule has 0 aliphatic carbocycles. The lowest BCUT2D eigenvalue weighted by molar-refractivity contribution is -0.128. The zero-order valence-corrected chi connectivity index (χ0v) is 15.8. The summed E-state index contributed by atoms with van der Waals surface area (Å²) in [5, 5.41) is 12.7. The lowest BCUT2D eigenvalue weighted by Gasteiger charge is -2.32. The number of carbonyl (C=O) groups excluding carboxylic acids is 2. The van der Waals surface area contributed by atoms with Crippen molar-refractivity contribution < 1.29 is 14.7 Å². The number of nitrogens with zero attached hydrogens (tertiary/aromatic N) is 1. The van der Waals surface area contributed by atoms with Crippen LogP contribution in [0.25, 0.3) is 0 Å². The summed E-state index contributed by atoms with van der Waals surface area (Å²) in [5.74, 6) is -0.335. The highest BCUT2D eigenvalue weighted by molar-refractivity contribution is 6.01. The van der Waals surface area contributed by atoms with Crippen LogP contribution in [0.3, 0.4) is 0 Å². The number of amides is 2. The molecule has 0 spiro atoms. The summed E-state index contributed by atoms with van der Waals surface area (Å²) in [6.45, 7) is 4.24. The third kappa shape index (κ3) is 3.88. The molecule has 3 rings (SSSR count). The first-order valence-corrected chi connectivity index (χ1v) is 9.41. The zero-order valence-electron chi connectivity index (χ0n) is 15.8. The van der Waals surface area contributed by atoms with Crippen molar-refractivity contribution in [1.29, 1.82) is 0 Å². The maximum atomic E-state index is 13.2. The van der Waals surface area contributed by atoms with Gasteiger partial charge in [0.2, 0.25) is 5.91 Å². The van der Waals surface area contributed by atoms with Gasteiger partial charge >= 0.3 is 0 Å². The van der Waals surface area contributed by atoms with E-state index in [1.54, 1.807) is 4.90 Å². The Morgan fingerprint density at radius 3 is 2.44 bits per heavy atom. The standard InChI is InChI=1S/C22H26N2O3/c1-3-15(2)20(24-13-17-11-7-8-12-18(17)22(24)27)21(26)23-19(14-25)16-9-5-4-6-10-16/h4-12,15,19-20,25H,3,13-14H2,1-2H3,(H,23,26)/t15-,19+,20+/m0/s1. The zero-order chi connectivity index (χ0) is 19.4. The van der Waals surface area contributed by atoms with Gasteiger partial charge in [0.15, 0.2) is 0 Å². The fraction of sp³-hybridized carbons (Fsp3) is 0.364. The van der Waals surface area contributed by atoms with Gasteiger partial charge in [-0.15, -0.1) is 0 Å². The normalized spacial score (nSPS) is 16.6. The van der Waals surface area contributed by atoms with Crippen molar-refractivity contribution in [3.8, 4) is 0 Å². The van der Waals surface area contributed by atoms with Gasteiger partial charge in [0.05, 0.1) is 12.6 Å². The average molecular weight is 366 g/mol. The summed E-state index contributed by atoms with van der Waals surface area (Å²) in [6.07, 6.45) is 0.771. The Morgan fingerprint density at radius 2 is 1.81 bits per heavy atom. The number of aliphatic hydroxyl groups excluding tert-OH is 1. The SMILES string of the molecule is CC[C@H](C)[C@H](C(=O)N[C@H](CO)c1ccccc1)N1Cc2ccccc2C1=O. The Labute approximate surface area is 160 Å². The molecule has 0 unspecified atom stereocenters. The second-order valence-corrected chi connectivity index (χ2v) is 7.08. The van der Waals surface area contributed by atoms with E-state index < -0.39 is 12.1 Å². The predicted molar refractivity (Wildman–Crippen MR) is 104 cm³/mol. The number of fused-ring (bicyclic) bond motifs is 1. The molecule has 1 aliphatic rings. The van der Waals surface area contributed by atoms with E-state index in [4.69, 9.17) is 0 Å². The molecule has 0 radical (unpaired) electrons. The number of benzene rings is 2. The van der Waals surface area contributed by atoms with Crippen LogP contribution in [0, 0.1) is 5.92 Å². The van der Waals surface area contributed by atoms with Crippen molar-refractivity contribution >= 4 is 11.8 Å². The Bertz CT molecular complexity index is 806. The Morgan fingerprint density at radius 1 is 1.15 bits per heavy atom. The smallest absolute Gasteiger partial charge is 0.255 e. The molecule has 0 saturated carbocycles. The van der Waals surface area contributed by atoms with Crippen molar-refractivity contribution in [1.82, 2.24) is 10.2 Å². The van der Waals surface area contributed by atoms with E-state index in [-0.39, 0.29) is 24.3 Å². The van der Waals surface area contributed by atoms with Gasteiger partial charge in [0.25, 0.3) is 5.91 Å². The van der Waals surface area contributed by atoms with Crippen LogP contribution in [0.15, 0.2) is 54.6 Å². The molecule has 2 aromatic carbocycles. The van der Waals surface area contributed by atoms with Gasteiger partial charge in [-0.25, -0.2) is 0 Å². The molecule has 142 valence electrons. The van der Waals surface area contributed by atoms with E-state index in [0.29, 0.717) is 12.1 Å². The van der Waals surface area contributed by atoms with Crippen LogP contribution in [0.4, 0.5) is 0 Å². The van der Waals surface area contributed by atoms with Crippen LogP contribution >= 0.6 is 0 Å². The van der Waals surface area contributed by atoms with E-state index in [1.807, 2.05) is 68.4 Å². The van der Waals surface area contributed by atoms with Gasteiger partial charge in [-0.1, -0.05) is 68.8 Å². The quantitative estimate of drug-likeness (QED) is 0.792. The third-order valence-electron chi connectivity index (χ3n) is 5.34. The van der Waals surface area contributed by atoms with Crippen molar-refractivity contribution in [2.45, 2.75) is 38.9 Å². The first-order valence-electron chi connectivity index (χ1n) is 9.41. The van der Waals surface area contributed by atoms with Gasteiger partial charge in [0, 0.05) is 12.1 Å². The fourth-order valence-electron chi connectivity index (χ4n) is 3.61. The summed E-state index contributed by atoms with van der Waals surface area (Å²) in [7, 11) is 0. The summed E-state index contributed by atoms with van der Waals surface area (Å²) < 4.78 is 0. The van der Waals surface area contributed by atoms with Crippen LogP contribution in [0.2, 0.25) is 0 Å². The number of carbonyl (C=O) groups is 2. The van der Waals surface area contributed by atoms with Gasteiger partial charge < -0.3 is 15.3 Å². The van der Waals surface area contributed by atoms with Crippen LogP contribution < -0.4 is 5.32 Å². The molecule has 2 N–H and O–H groups in total. The Balaban J connectivity index is 1.83. The molecule has 0 fully saturated rings. The van der Waals surface area contributed by atoms with Crippen LogP contribution in [0.1, 0.15) is 47.8 Å². The molecule has 2 aromatic rings. The maximum absolute atomic E-state index is 13.2. The molecule has 5 nitrogen and oxygen atoms in total. The van der Waals surface area contributed by atoms with Crippen molar-refractivity contribution in [2.75, 3.05) is 6.61 Å². The highest BCUT2D eigenvalue weighted by atomic mass is 16.3. The van der Waals surface area contributed by atoms with Crippen LogP contribution in [0.5, 0.6) is 0 Å². The molecule has 27 heavy (non-hydrogen) atoms. The summed E-state index contributed by atoms with van der Waals surface area (Å²) in [4.78, 5) is 27.7. The molecule has 0 aromatic heterocycles. The molecule has 3 atom stereocenters. The summed E-state index contributed by atoms with van der Waals surface area (Å²) >= 11 is 0. The van der Waals surface area contributed by atoms with E-state index in [1.165, 1.54) is 0 Å². The van der Waals surface area contributed by atoms with Gasteiger partial charge in [0.1, 0.15) is 6.04 Å². The van der Waals surface area contributed by atoms with Gasteiger partial charge in [-0.2, -0.15) is 0 Å². The highest BCUT2D eigenvalue weighted by Gasteiger charge is 2.39. The fourth-order valence-corrected chi connectivity index (χ4v) is 3.61. The van der Waals surface area contributed by atoms with Crippen molar-refractivity contribution in [2.24, 2.45) is 5.92 Å². The summed E-state index contributed by atoms with van der Waals surface area (Å²) in [5.41, 5.74) is 2.46. The molecule has 0 bridgehead atoms. The molecular formula is C22H26N2O3. The van der Waals surface area contributed by atoms with Crippen LogP contribution in [-0.4, -0.2) is 34.5 Å². The van der Waals surface area contributed by atoms with E-state index in [0.717, 1.165) is 17.5 Å². The maximum Gasteiger partial charge on any atom is 0.255 e. The molecule has 1 heterocycles. The van der Waals surface area contributed by atoms with E-state index >= 15 is 0 Å². The average Bonchev–Trinajstić information content (AvgIpc) is 3.03. The van der Waals surface area contributed by atoms with Crippen molar-refractivity contribution in [3.63, 3.8) is 0 Å².